The second kappa shape index (κ2) is 11.9. The van der Waals surface area contributed by atoms with Crippen molar-refractivity contribution in [2.75, 3.05) is 33.4 Å². The largest absolute Gasteiger partial charge is 0.480 e. The van der Waals surface area contributed by atoms with Crippen molar-refractivity contribution in [1.29, 1.82) is 0 Å². The molecular weight excluding hydrogens is 218 g/mol. The van der Waals surface area contributed by atoms with Crippen LogP contribution in [0.15, 0.2) is 0 Å². The van der Waals surface area contributed by atoms with Crippen LogP contribution in [-0.4, -0.2) is 49.3 Å². The highest BCUT2D eigenvalue weighted by Crippen LogP contribution is 2.09. The molecule has 4 heteroatoms. The topological polar surface area (TPSA) is 49.8 Å². The predicted molar refractivity (Wildman–Crippen MR) is 69.3 cm³/mol. The summed E-state index contributed by atoms with van der Waals surface area (Å²) < 4.78 is 4.20. The van der Waals surface area contributed by atoms with E-state index in [1.165, 1.54) is 65.3 Å². The van der Waals surface area contributed by atoms with E-state index in [1.807, 2.05) is 0 Å². The Morgan fingerprint density at radius 2 is 1.88 bits per heavy atom. The van der Waals surface area contributed by atoms with E-state index >= 15 is 0 Å². The molecule has 0 radical (unpaired) electrons. The van der Waals surface area contributed by atoms with Crippen LogP contribution < -0.4 is 0 Å². The molecule has 0 aromatic rings. The average Bonchev–Trinajstić information content (AvgIpc) is 2.31. The van der Waals surface area contributed by atoms with Crippen LogP contribution in [0, 0.1) is 0 Å². The molecule has 1 heterocycles. The number of carboxylic acid groups (broad SMARTS) is 1. The van der Waals surface area contributed by atoms with Gasteiger partial charge in [0.15, 0.2) is 0 Å². The van der Waals surface area contributed by atoms with Crippen LogP contribution in [0.4, 0.5) is 0 Å². The van der Waals surface area contributed by atoms with Crippen molar-refractivity contribution in [3.8, 4) is 0 Å². The third-order valence-corrected chi connectivity index (χ3v) is 2.79. The number of carboxylic acids is 1. The summed E-state index contributed by atoms with van der Waals surface area (Å²) in [6.45, 7) is 6.15. The number of aliphatic carboxylic acids is 1. The smallest absolute Gasteiger partial charge is 0.329 e. The number of unbranched alkanes of at least 4 members (excludes halogenated alkanes) is 2. The van der Waals surface area contributed by atoms with Crippen molar-refractivity contribution in [2.45, 2.75) is 45.4 Å². The van der Waals surface area contributed by atoms with Crippen LogP contribution in [-0.2, 0) is 9.53 Å². The lowest BCUT2D eigenvalue weighted by molar-refractivity contribution is -0.141. The van der Waals surface area contributed by atoms with Gasteiger partial charge in [-0.3, -0.25) is 0 Å². The Labute approximate surface area is 105 Å². The van der Waals surface area contributed by atoms with Gasteiger partial charge in [-0.25, -0.2) is 4.79 Å². The van der Waals surface area contributed by atoms with Gasteiger partial charge in [-0.2, -0.15) is 0 Å². The van der Waals surface area contributed by atoms with E-state index in [-0.39, 0.29) is 6.61 Å². The fourth-order valence-corrected chi connectivity index (χ4v) is 1.89. The van der Waals surface area contributed by atoms with Crippen molar-refractivity contribution in [2.24, 2.45) is 0 Å². The molecule has 0 aromatic carbocycles. The molecule has 102 valence electrons. The summed E-state index contributed by atoms with van der Waals surface area (Å²) in [5, 5.41) is 7.79. The second-order valence-electron chi connectivity index (χ2n) is 4.44. The molecule has 1 rings (SSSR count). The minimum atomic E-state index is -0.933. The van der Waals surface area contributed by atoms with Gasteiger partial charge in [0.1, 0.15) is 6.61 Å². The zero-order chi connectivity index (χ0) is 12.9. The molecule has 1 N–H and O–H groups in total. The molecule has 0 atom stereocenters. The van der Waals surface area contributed by atoms with Crippen molar-refractivity contribution in [3.63, 3.8) is 0 Å². The Bertz CT molecular complexity index is 180. The predicted octanol–water partition coefficient (Wildman–Crippen LogP) is 2.38. The molecule has 0 amide bonds. The van der Waals surface area contributed by atoms with Crippen LogP contribution in [0.1, 0.15) is 45.4 Å². The SMILES string of the molecule is CCCCCN1CCCCC1.COCC(=O)O. The van der Waals surface area contributed by atoms with Gasteiger partial charge in [0.2, 0.25) is 0 Å². The summed E-state index contributed by atoms with van der Waals surface area (Å²) in [5.41, 5.74) is 0. The maximum Gasteiger partial charge on any atom is 0.329 e. The molecule has 0 unspecified atom stereocenters. The molecule has 0 aromatic heterocycles. The number of ether oxygens (including phenoxy) is 1. The summed E-state index contributed by atoms with van der Waals surface area (Å²) in [6.07, 6.45) is 8.52. The molecule has 0 aliphatic carbocycles. The first kappa shape index (κ1) is 16.4. The number of hydrogen-bond donors (Lipinski definition) is 1. The van der Waals surface area contributed by atoms with E-state index in [4.69, 9.17) is 5.11 Å². The number of carbonyl (C=O) groups is 1. The molecular formula is C13H27NO3. The molecule has 1 saturated heterocycles. The maximum absolute atomic E-state index is 9.47. The lowest BCUT2D eigenvalue weighted by Gasteiger charge is -2.26. The van der Waals surface area contributed by atoms with Gasteiger partial charge in [-0.1, -0.05) is 26.2 Å². The van der Waals surface area contributed by atoms with Gasteiger partial charge in [0, 0.05) is 7.11 Å². The van der Waals surface area contributed by atoms with Gasteiger partial charge < -0.3 is 14.7 Å². The first-order chi connectivity index (χ1) is 8.20. The van der Waals surface area contributed by atoms with E-state index in [0.717, 1.165) is 0 Å². The number of rotatable bonds is 6. The summed E-state index contributed by atoms with van der Waals surface area (Å²) in [5.74, 6) is -0.933. The third-order valence-electron chi connectivity index (χ3n) is 2.79. The molecule has 1 aliphatic rings. The molecule has 4 nitrogen and oxygen atoms in total. The standard InChI is InChI=1S/C10H21N.C3H6O3/c1-2-3-5-8-11-9-6-4-7-10-11;1-6-2-3(4)5/h2-10H2,1H3;2H2,1H3,(H,4,5). The Kier molecular flexibility index (Phi) is 11.4. The number of hydrogen-bond acceptors (Lipinski definition) is 3. The van der Waals surface area contributed by atoms with E-state index in [0.29, 0.717) is 0 Å². The highest BCUT2D eigenvalue weighted by Gasteiger charge is 2.08. The van der Waals surface area contributed by atoms with E-state index in [1.54, 1.807) is 0 Å². The molecule has 1 fully saturated rings. The average molecular weight is 245 g/mol. The van der Waals surface area contributed by atoms with Gasteiger partial charge in [0.05, 0.1) is 0 Å². The van der Waals surface area contributed by atoms with Crippen LogP contribution in [0.5, 0.6) is 0 Å². The van der Waals surface area contributed by atoms with Crippen LogP contribution in [0.25, 0.3) is 0 Å². The zero-order valence-corrected chi connectivity index (χ0v) is 11.3. The van der Waals surface area contributed by atoms with Crippen molar-refractivity contribution in [3.05, 3.63) is 0 Å². The molecule has 17 heavy (non-hydrogen) atoms. The Morgan fingerprint density at radius 3 is 2.29 bits per heavy atom. The molecule has 0 bridgehead atoms. The normalized spacial score (nSPS) is 16.1. The Morgan fingerprint density at radius 1 is 1.24 bits per heavy atom. The first-order valence-electron chi connectivity index (χ1n) is 6.63. The van der Waals surface area contributed by atoms with Crippen LogP contribution in [0.2, 0.25) is 0 Å². The van der Waals surface area contributed by atoms with Crippen LogP contribution >= 0.6 is 0 Å². The van der Waals surface area contributed by atoms with Crippen molar-refractivity contribution < 1.29 is 14.6 Å². The van der Waals surface area contributed by atoms with Gasteiger partial charge in [-0.05, 0) is 38.9 Å². The lowest BCUT2D eigenvalue weighted by atomic mass is 10.1. The second-order valence-corrected chi connectivity index (χ2v) is 4.44. The Hall–Kier alpha value is -0.610. The molecule has 0 saturated carbocycles. The quantitative estimate of drug-likeness (QED) is 0.730. The van der Waals surface area contributed by atoms with E-state index in [9.17, 15) is 4.79 Å². The van der Waals surface area contributed by atoms with E-state index in [2.05, 4.69) is 16.6 Å². The highest BCUT2D eigenvalue weighted by atomic mass is 16.5. The van der Waals surface area contributed by atoms with Crippen LogP contribution in [0.3, 0.4) is 0 Å². The third kappa shape index (κ3) is 11.6. The number of nitrogens with zero attached hydrogens (tertiary/aromatic N) is 1. The molecule has 0 spiro atoms. The first-order valence-corrected chi connectivity index (χ1v) is 6.63. The fourth-order valence-electron chi connectivity index (χ4n) is 1.89. The van der Waals surface area contributed by atoms with Gasteiger partial charge in [0.25, 0.3) is 0 Å². The lowest BCUT2D eigenvalue weighted by Crippen LogP contribution is -2.30. The molecule has 1 aliphatic heterocycles. The van der Waals surface area contributed by atoms with Crippen molar-refractivity contribution in [1.82, 2.24) is 4.90 Å². The summed E-state index contributed by atoms with van der Waals surface area (Å²) in [6, 6.07) is 0. The number of likely N-dealkylation sites (tertiary alicyclic amines) is 1. The monoisotopic (exact) mass is 245 g/mol. The number of methoxy groups -OCH3 is 1. The highest BCUT2D eigenvalue weighted by molar-refractivity contribution is 5.67. The minimum Gasteiger partial charge on any atom is -0.480 e. The summed E-state index contributed by atoms with van der Waals surface area (Å²) >= 11 is 0. The Balaban J connectivity index is 0.000000366. The summed E-state index contributed by atoms with van der Waals surface area (Å²) in [7, 11) is 1.34. The summed E-state index contributed by atoms with van der Waals surface area (Å²) in [4.78, 5) is 12.1. The maximum atomic E-state index is 9.47. The van der Waals surface area contributed by atoms with E-state index < -0.39 is 5.97 Å². The minimum absolute atomic E-state index is 0.208. The van der Waals surface area contributed by atoms with Crippen molar-refractivity contribution >= 4 is 5.97 Å². The number of piperidine rings is 1. The zero-order valence-electron chi connectivity index (χ0n) is 11.3. The van der Waals surface area contributed by atoms with Gasteiger partial charge >= 0.3 is 5.97 Å². The fraction of sp³-hybridized carbons (Fsp3) is 0.923. The van der Waals surface area contributed by atoms with Gasteiger partial charge in [-0.15, -0.1) is 0 Å².